The first-order valence-electron chi connectivity index (χ1n) is 4.66. The van der Waals surface area contributed by atoms with E-state index in [4.69, 9.17) is 0 Å². The maximum Gasteiger partial charge on any atom is 0.00886 e. The molecule has 0 aliphatic rings. The zero-order valence-corrected chi connectivity index (χ0v) is 7.66. The minimum atomic E-state index is 1.02. The van der Waals surface area contributed by atoms with Gasteiger partial charge in [0, 0.05) is 12.8 Å². The van der Waals surface area contributed by atoms with Crippen LogP contribution in [-0.4, -0.2) is 0 Å². The van der Waals surface area contributed by atoms with Crippen molar-refractivity contribution < 1.29 is 0 Å². The highest BCUT2D eigenvalue weighted by Crippen LogP contribution is 1.97. The Balaban J connectivity index is 2.99. The molecule has 0 saturated heterocycles. The van der Waals surface area contributed by atoms with Gasteiger partial charge in [0.15, 0.2) is 0 Å². The summed E-state index contributed by atoms with van der Waals surface area (Å²) in [7, 11) is 0. The van der Waals surface area contributed by atoms with Gasteiger partial charge in [0.05, 0.1) is 0 Å². The molecule has 0 heteroatoms. The van der Waals surface area contributed by atoms with E-state index in [9.17, 15) is 0 Å². The summed E-state index contributed by atoms with van der Waals surface area (Å²) in [5.74, 6) is 6.33. The maximum atomic E-state index is 3.77. The summed E-state index contributed by atoms with van der Waals surface area (Å²) in [6.45, 7) is 5.98. The van der Waals surface area contributed by atoms with E-state index in [1.54, 1.807) is 0 Å². The molecule has 0 nitrogen and oxygen atoms in total. The van der Waals surface area contributed by atoms with E-state index in [0.717, 1.165) is 25.7 Å². The average Bonchev–Trinajstić information content (AvgIpc) is 2.03. The van der Waals surface area contributed by atoms with Crippen LogP contribution in [0.5, 0.6) is 0 Å². The van der Waals surface area contributed by atoms with Crippen molar-refractivity contribution in [2.75, 3.05) is 0 Å². The molecule has 63 valence electrons. The van der Waals surface area contributed by atoms with Gasteiger partial charge in [0.1, 0.15) is 0 Å². The van der Waals surface area contributed by atoms with Gasteiger partial charge < -0.3 is 0 Å². The third-order valence-corrected chi connectivity index (χ3v) is 1.58. The molecule has 0 bridgehead atoms. The van der Waals surface area contributed by atoms with Crippen molar-refractivity contribution in [2.45, 2.75) is 51.9 Å². The van der Waals surface area contributed by atoms with Crippen molar-refractivity contribution >= 4 is 0 Å². The molecule has 1 radical (unpaired) electrons. The Labute approximate surface area is 71.4 Å². The molecule has 0 aliphatic carbocycles. The highest BCUT2D eigenvalue weighted by Gasteiger charge is 1.80. The van der Waals surface area contributed by atoms with Crippen LogP contribution in [0.15, 0.2) is 0 Å². The molecule has 0 atom stereocenters. The lowest BCUT2D eigenvalue weighted by atomic mass is 10.2. The summed E-state index contributed by atoms with van der Waals surface area (Å²) >= 11 is 0. The molecule has 0 aromatic heterocycles. The highest BCUT2D eigenvalue weighted by atomic mass is 13.9. The standard InChI is InChI=1S/C11H19/c1-3-5-7-9-11-10-8-6-4-2/h1,3-8,10H2,2H3. The molecule has 0 fully saturated rings. The van der Waals surface area contributed by atoms with Crippen LogP contribution < -0.4 is 0 Å². The molecule has 0 amide bonds. The third-order valence-electron chi connectivity index (χ3n) is 1.58. The van der Waals surface area contributed by atoms with Crippen molar-refractivity contribution in [3.05, 3.63) is 6.92 Å². The van der Waals surface area contributed by atoms with E-state index in [2.05, 4.69) is 25.7 Å². The molecule has 11 heavy (non-hydrogen) atoms. The van der Waals surface area contributed by atoms with Gasteiger partial charge in [0.2, 0.25) is 0 Å². The van der Waals surface area contributed by atoms with Crippen molar-refractivity contribution in [1.29, 1.82) is 0 Å². The number of rotatable bonds is 5. The Hall–Kier alpha value is -0.440. The van der Waals surface area contributed by atoms with Crippen LogP contribution in [0.3, 0.4) is 0 Å². The highest BCUT2D eigenvalue weighted by molar-refractivity contribution is 4.98. The molecular formula is C11H19. The first kappa shape index (κ1) is 10.6. The maximum absolute atomic E-state index is 3.77. The Morgan fingerprint density at radius 3 is 2.18 bits per heavy atom. The van der Waals surface area contributed by atoms with Gasteiger partial charge in [-0.2, -0.15) is 0 Å². The van der Waals surface area contributed by atoms with Crippen molar-refractivity contribution in [3.8, 4) is 11.8 Å². The van der Waals surface area contributed by atoms with Gasteiger partial charge >= 0.3 is 0 Å². The second kappa shape index (κ2) is 9.56. The summed E-state index contributed by atoms with van der Waals surface area (Å²) < 4.78 is 0. The van der Waals surface area contributed by atoms with Crippen LogP contribution in [0.1, 0.15) is 51.9 Å². The van der Waals surface area contributed by atoms with E-state index >= 15 is 0 Å². The van der Waals surface area contributed by atoms with E-state index in [1.807, 2.05) is 0 Å². The van der Waals surface area contributed by atoms with Crippen LogP contribution >= 0.6 is 0 Å². The minimum absolute atomic E-state index is 1.02. The summed E-state index contributed by atoms with van der Waals surface area (Å²) in [6, 6.07) is 0. The fourth-order valence-corrected chi connectivity index (χ4v) is 0.854. The number of unbranched alkanes of at least 4 members (excludes halogenated alkanes) is 5. The average molecular weight is 151 g/mol. The van der Waals surface area contributed by atoms with Crippen molar-refractivity contribution in [1.82, 2.24) is 0 Å². The van der Waals surface area contributed by atoms with Gasteiger partial charge in [-0.25, -0.2) is 0 Å². The molecule has 0 aromatic carbocycles. The second-order valence-corrected chi connectivity index (χ2v) is 2.77. The van der Waals surface area contributed by atoms with Gasteiger partial charge in [-0.15, -0.1) is 11.8 Å². The van der Waals surface area contributed by atoms with E-state index in [0.29, 0.717) is 0 Å². The Kier molecular flexibility index (Phi) is 9.18. The predicted octanol–water partition coefficient (Wildman–Crippen LogP) is 3.57. The van der Waals surface area contributed by atoms with Gasteiger partial charge in [-0.3, -0.25) is 0 Å². The predicted molar refractivity (Wildman–Crippen MR) is 51.1 cm³/mol. The van der Waals surface area contributed by atoms with Crippen LogP contribution in [0, 0.1) is 18.8 Å². The lowest BCUT2D eigenvalue weighted by Gasteiger charge is -1.88. The molecule has 0 saturated carbocycles. The monoisotopic (exact) mass is 151 g/mol. The van der Waals surface area contributed by atoms with Crippen LogP contribution in [-0.2, 0) is 0 Å². The third kappa shape index (κ3) is 9.56. The zero-order chi connectivity index (χ0) is 8.36. The van der Waals surface area contributed by atoms with Gasteiger partial charge in [-0.05, 0) is 12.8 Å². The Morgan fingerprint density at radius 1 is 1.00 bits per heavy atom. The molecule has 0 N–H and O–H groups in total. The van der Waals surface area contributed by atoms with Crippen LogP contribution in [0.25, 0.3) is 0 Å². The molecule has 0 heterocycles. The van der Waals surface area contributed by atoms with E-state index in [-0.39, 0.29) is 0 Å². The molecule has 0 aliphatic heterocycles. The lowest BCUT2D eigenvalue weighted by Crippen LogP contribution is -1.72. The molecule has 0 unspecified atom stereocenters. The summed E-state index contributed by atoms with van der Waals surface area (Å²) in [4.78, 5) is 0. The fraction of sp³-hybridized carbons (Fsp3) is 0.727. The molecule has 0 aromatic rings. The van der Waals surface area contributed by atoms with Crippen LogP contribution in [0.2, 0.25) is 0 Å². The summed E-state index contributed by atoms with van der Waals surface area (Å²) in [6.07, 6.45) is 8.18. The summed E-state index contributed by atoms with van der Waals surface area (Å²) in [5, 5.41) is 0. The van der Waals surface area contributed by atoms with Crippen LogP contribution in [0.4, 0.5) is 0 Å². The van der Waals surface area contributed by atoms with Gasteiger partial charge in [-0.1, -0.05) is 33.1 Å². The largest absolute Gasteiger partial charge is 0.103 e. The first-order chi connectivity index (χ1) is 5.41. The quantitative estimate of drug-likeness (QED) is 0.416. The van der Waals surface area contributed by atoms with E-state index < -0.39 is 0 Å². The Bertz CT molecular complexity index is 114. The SMILES string of the molecule is [CH2]CCCC#CCCCCC. The zero-order valence-electron chi connectivity index (χ0n) is 7.66. The Morgan fingerprint density at radius 2 is 1.64 bits per heavy atom. The normalized spacial score (nSPS) is 8.91. The van der Waals surface area contributed by atoms with Gasteiger partial charge in [0.25, 0.3) is 0 Å². The molecular weight excluding hydrogens is 132 g/mol. The minimum Gasteiger partial charge on any atom is -0.103 e. The summed E-state index contributed by atoms with van der Waals surface area (Å²) in [5.41, 5.74) is 0. The lowest BCUT2D eigenvalue weighted by molar-refractivity contribution is 0.736. The topological polar surface area (TPSA) is 0 Å². The smallest absolute Gasteiger partial charge is 0.00886 e. The number of hydrogen-bond acceptors (Lipinski definition) is 0. The fourth-order valence-electron chi connectivity index (χ4n) is 0.854. The molecule has 0 rings (SSSR count). The number of hydrogen-bond donors (Lipinski definition) is 0. The molecule has 0 spiro atoms. The first-order valence-corrected chi connectivity index (χ1v) is 4.66. The van der Waals surface area contributed by atoms with Crippen molar-refractivity contribution in [2.24, 2.45) is 0 Å². The van der Waals surface area contributed by atoms with E-state index in [1.165, 1.54) is 19.3 Å². The second-order valence-electron chi connectivity index (χ2n) is 2.77. The van der Waals surface area contributed by atoms with Crippen molar-refractivity contribution in [3.63, 3.8) is 0 Å².